The topological polar surface area (TPSA) is 136 Å². The van der Waals surface area contributed by atoms with Gasteiger partial charge in [0.15, 0.2) is 6.61 Å². The van der Waals surface area contributed by atoms with E-state index in [0.29, 0.717) is 36.6 Å². The molecule has 0 radical (unpaired) electrons. The van der Waals surface area contributed by atoms with Crippen molar-refractivity contribution in [1.29, 1.82) is 0 Å². The van der Waals surface area contributed by atoms with Crippen LogP contribution in [0.1, 0.15) is 48.8 Å². The van der Waals surface area contributed by atoms with E-state index in [1.54, 1.807) is 23.1 Å². The first kappa shape index (κ1) is 27.6. The molecule has 6 rings (SSSR count). The van der Waals surface area contributed by atoms with Crippen LogP contribution >= 0.6 is 0 Å². The average molecular weight is 559 g/mol. The Morgan fingerprint density at radius 2 is 1.88 bits per heavy atom. The summed E-state index contributed by atoms with van der Waals surface area (Å²) >= 11 is 0. The summed E-state index contributed by atoms with van der Waals surface area (Å²) in [4.78, 5) is 56.5. The normalized spacial score (nSPS) is 19.0. The highest BCUT2D eigenvalue weighted by Gasteiger charge is 2.35. The fourth-order valence-corrected chi connectivity index (χ4v) is 4.72. The molecule has 0 aliphatic carbocycles. The fraction of sp³-hybridized carbons (Fsp3) is 0.300. The molecule has 0 spiro atoms. The van der Waals surface area contributed by atoms with Gasteiger partial charge in [-0.15, -0.1) is 0 Å². The fourth-order valence-electron chi connectivity index (χ4n) is 4.72. The molecule has 2 atom stereocenters. The van der Waals surface area contributed by atoms with Crippen molar-refractivity contribution in [2.45, 2.75) is 32.0 Å². The Labute approximate surface area is 236 Å². The highest BCUT2D eigenvalue weighted by molar-refractivity contribution is 5.96. The summed E-state index contributed by atoms with van der Waals surface area (Å²) in [6.45, 7) is 2.53. The van der Waals surface area contributed by atoms with Gasteiger partial charge >= 0.3 is 5.97 Å². The number of methoxy groups -OCH3 is 1. The molecule has 1 aromatic heterocycles. The number of carbonyl (C=O) groups is 4. The number of benzene rings is 2. The van der Waals surface area contributed by atoms with Gasteiger partial charge in [0.2, 0.25) is 0 Å². The van der Waals surface area contributed by atoms with Crippen LogP contribution in [0, 0.1) is 6.92 Å². The maximum absolute atomic E-state index is 13.4. The van der Waals surface area contributed by atoms with Crippen molar-refractivity contribution in [3.63, 3.8) is 0 Å². The lowest BCUT2D eigenvalue weighted by Crippen LogP contribution is -2.58. The summed E-state index contributed by atoms with van der Waals surface area (Å²) in [6, 6.07) is 14.8. The number of nitrogens with one attached hydrogen (secondary N) is 2. The van der Waals surface area contributed by atoms with Crippen LogP contribution in [-0.2, 0) is 16.1 Å². The van der Waals surface area contributed by atoms with Gasteiger partial charge < -0.3 is 29.7 Å². The monoisotopic (exact) mass is 558 g/mol. The minimum Gasteiger partial charge on any atom is -0.488 e. The predicted molar refractivity (Wildman–Crippen MR) is 147 cm³/mol. The first-order chi connectivity index (χ1) is 19.8. The van der Waals surface area contributed by atoms with Gasteiger partial charge in [-0.1, -0.05) is 18.2 Å². The Balaban J connectivity index is 1.40. The van der Waals surface area contributed by atoms with Crippen molar-refractivity contribution < 1.29 is 33.4 Å². The molecule has 2 aromatic carbocycles. The van der Waals surface area contributed by atoms with Gasteiger partial charge in [0.25, 0.3) is 17.7 Å². The number of ether oxygens (including phenoxy) is 3. The molecule has 2 N–H and O–H groups in total. The SMILES string of the molecule is COC(=O)c1ccc(C(=O)N2CC[C@@H]3Oc4ccc(cc4)CNC(=O)COc4cc(ccc4C)C(=O)N[C@H]3C2)nc1. The van der Waals surface area contributed by atoms with E-state index in [-0.39, 0.29) is 42.1 Å². The van der Waals surface area contributed by atoms with E-state index in [4.69, 9.17) is 14.2 Å². The van der Waals surface area contributed by atoms with Gasteiger partial charge in [-0.25, -0.2) is 4.79 Å². The molecule has 3 aliphatic heterocycles. The quantitative estimate of drug-likeness (QED) is 0.458. The molecule has 4 heterocycles. The van der Waals surface area contributed by atoms with Gasteiger partial charge in [-0.2, -0.15) is 0 Å². The lowest BCUT2D eigenvalue weighted by atomic mass is 10.00. The zero-order chi connectivity index (χ0) is 28.9. The lowest BCUT2D eigenvalue weighted by molar-refractivity contribution is -0.123. The van der Waals surface area contributed by atoms with Gasteiger partial charge in [-0.3, -0.25) is 19.4 Å². The number of hydrogen-bond acceptors (Lipinski definition) is 8. The molecule has 3 amide bonds. The minimum atomic E-state index is -0.543. The molecule has 3 aromatic rings. The van der Waals surface area contributed by atoms with Gasteiger partial charge in [0.1, 0.15) is 23.3 Å². The first-order valence-electron chi connectivity index (χ1n) is 13.2. The van der Waals surface area contributed by atoms with Gasteiger partial charge in [0.05, 0.1) is 18.7 Å². The van der Waals surface area contributed by atoms with E-state index in [1.807, 2.05) is 31.2 Å². The number of pyridine rings is 1. The van der Waals surface area contributed by atoms with Crippen LogP contribution in [0.15, 0.2) is 60.8 Å². The molecule has 11 heteroatoms. The minimum absolute atomic E-state index is 0.173. The lowest BCUT2D eigenvalue weighted by Gasteiger charge is -2.38. The van der Waals surface area contributed by atoms with Crippen LogP contribution in [0.25, 0.3) is 0 Å². The van der Waals surface area contributed by atoms with E-state index in [2.05, 4.69) is 15.6 Å². The maximum Gasteiger partial charge on any atom is 0.339 e. The number of hydrogen-bond donors (Lipinski definition) is 2. The number of esters is 1. The van der Waals surface area contributed by atoms with Gasteiger partial charge in [-0.05, 0) is 54.4 Å². The zero-order valence-electron chi connectivity index (χ0n) is 22.7. The Kier molecular flexibility index (Phi) is 8.14. The van der Waals surface area contributed by atoms with Crippen molar-refractivity contribution in [2.24, 2.45) is 0 Å². The Hall–Kier alpha value is -4.93. The van der Waals surface area contributed by atoms with E-state index in [9.17, 15) is 19.2 Å². The van der Waals surface area contributed by atoms with Crippen LogP contribution < -0.4 is 20.1 Å². The third-order valence-electron chi connectivity index (χ3n) is 7.07. The summed E-state index contributed by atoms with van der Waals surface area (Å²) in [7, 11) is 1.27. The van der Waals surface area contributed by atoms with Crippen molar-refractivity contribution in [2.75, 3.05) is 26.8 Å². The van der Waals surface area contributed by atoms with E-state index < -0.39 is 18.1 Å². The van der Waals surface area contributed by atoms with E-state index >= 15 is 0 Å². The highest BCUT2D eigenvalue weighted by atomic mass is 16.5. The smallest absolute Gasteiger partial charge is 0.339 e. The second-order valence-electron chi connectivity index (χ2n) is 9.89. The molecule has 0 unspecified atom stereocenters. The van der Waals surface area contributed by atoms with Gasteiger partial charge in [0, 0.05) is 37.8 Å². The molecule has 212 valence electrons. The maximum atomic E-state index is 13.4. The molecule has 1 saturated heterocycles. The third-order valence-corrected chi connectivity index (χ3v) is 7.07. The summed E-state index contributed by atoms with van der Waals surface area (Å²) in [5, 5.41) is 5.86. The number of likely N-dealkylation sites (tertiary alicyclic amines) is 1. The summed E-state index contributed by atoms with van der Waals surface area (Å²) < 4.78 is 16.7. The van der Waals surface area contributed by atoms with Crippen molar-refractivity contribution in [1.82, 2.24) is 20.5 Å². The number of piperidine rings is 1. The Bertz CT molecular complexity index is 1460. The highest BCUT2D eigenvalue weighted by Crippen LogP contribution is 2.24. The second-order valence-corrected chi connectivity index (χ2v) is 9.89. The number of nitrogens with zero attached hydrogens (tertiary/aromatic N) is 2. The van der Waals surface area contributed by atoms with Crippen molar-refractivity contribution >= 4 is 23.7 Å². The molecule has 3 aliphatic rings. The van der Waals surface area contributed by atoms with Crippen LogP contribution in [-0.4, -0.2) is 72.5 Å². The Morgan fingerprint density at radius 1 is 1.07 bits per heavy atom. The number of fused-ring (bicyclic) bond motifs is 7. The summed E-state index contributed by atoms with van der Waals surface area (Å²) in [5.41, 5.74) is 2.44. The van der Waals surface area contributed by atoms with Crippen LogP contribution in [0.4, 0.5) is 0 Å². The zero-order valence-corrected chi connectivity index (χ0v) is 22.7. The van der Waals surface area contributed by atoms with Crippen LogP contribution in [0.2, 0.25) is 0 Å². The van der Waals surface area contributed by atoms with E-state index in [0.717, 1.165) is 11.1 Å². The number of rotatable bonds is 2. The number of amides is 3. The van der Waals surface area contributed by atoms with Crippen molar-refractivity contribution in [3.05, 3.63) is 88.7 Å². The summed E-state index contributed by atoms with van der Waals surface area (Å²) in [6.07, 6.45) is 1.34. The molecule has 4 bridgehead atoms. The number of aromatic nitrogens is 1. The Morgan fingerprint density at radius 3 is 2.61 bits per heavy atom. The number of aryl methyl sites for hydroxylation is 1. The van der Waals surface area contributed by atoms with Crippen molar-refractivity contribution in [3.8, 4) is 11.5 Å². The largest absolute Gasteiger partial charge is 0.488 e. The van der Waals surface area contributed by atoms with Crippen LogP contribution in [0.3, 0.4) is 0 Å². The third kappa shape index (κ3) is 6.46. The molecular weight excluding hydrogens is 528 g/mol. The van der Waals surface area contributed by atoms with Crippen LogP contribution in [0.5, 0.6) is 11.5 Å². The molecular formula is C30H30N4O7. The first-order valence-corrected chi connectivity index (χ1v) is 13.2. The molecule has 0 saturated carbocycles. The standard InChI is InChI=1S/C30H30N4O7/c1-18-3-6-20-13-26(18)40-17-27(35)32-14-19-4-8-22(9-5-19)41-25-11-12-34(16-24(25)33-28(20)36)29(37)23-10-7-21(15-31-23)30(38)39-2/h3-10,13,15,24-25H,11-12,14,16-17H2,1-2H3,(H,32,35)(H,33,36)/t24-,25-/m0/s1. The predicted octanol–water partition coefficient (Wildman–Crippen LogP) is 2.28. The number of carbonyl (C=O) groups excluding carboxylic acids is 4. The molecule has 41 heavy (non-hydrogen) atoms. The molecule has 1 fully saturated rings. The second kappa shape index (κ2) is 12.1. The average Bonchev–Trinajstić information content (AvgIpc) is 3.00. The summed E-state index contributed by atoms with van der Waals surface area (Å²) in [5.74, 6) is -0.490. The molecule has 11 nitrogen and oxygen atoms in total. The van der Waals surface area contributed by atoms with E-state index in [1.165, 1.54) is 25.4 Å².